The van der Waals surface area contributed by atoms with Crippen LogP contribution in [0.25, 0.3) is 0 Å². The van der Waals surface area contributed by atoms with Crippen LogP contribution < -0.4 is 4.90 Å². The van der Waals surface area contributed by atoms with Crippen LogP contribution in [0, 0.1) is 0 Å². The molecule has 2 heterocycles. The Bertz CT molecular complexity index is 644. The molecule has 0 atom stereocenters. The second-order valence-corrected chi connectivity index (χ2v) is 5.43. The molecular formula is C16H18F3N3O3. The van der Waals surface area contributed by atoms with E-state index in [0.29, 0.717) is 38.4 Å². The van der Waals surface area contributed by atoms with Crippen molar-refractivity contribution in [2.24, 2.45) is 0 Å². The Labute approximate surface area is 142 Å². The predicted octanol–water partition coefficient (Wildman–Crippen LogP) is 1.87. The monoisotopic (exact) mass is 357 g/mol. The Morgan fingerprint density at radius 3 is 2.52 bits per heavy atom. The van der Waals surface area contributed by atoms with Crippen LogP contribution in [0.3, 0.4) is 0 Å². The van der Waals surface area contributed by atoms with Gasteiger partial charge in [0.2, 0.25) is 5.91 Å². The molecule has 136 valence electrons. The summed E-state index contributed by atoms with van der Waals surface area (Å²) in [6.45, 7) is 1.88. The van der Waals surface area contributed by atoms with Crippen molar-refractivity contribution in [2.45, 2.75) is 12.6 Å². The SMILES string of the molecule is COC(=O)/C=C/C(=O)N1CCCN(c2ccc(C(F)(F)F)cn2)CC1. The average molecular weight is 357 g/mol. The molecule has 0 saturated carbocycles. The van der Waals surface area contributed by atoms with E-state index < -0.39 is 17.7 Å². The number of nitrogens with zero attached hydrogens (tertiary/aromatic N) is 3. The fourth-order valence-electron chi connectivity index (χ4n) is 2.42. The van der Waals surface area contributed by atoms with E-state index in [-0.39, 0.29) is 5.91 Å². The van der Waals surface area contributed by atoms with Crippen molar-refractivity contribution in [3.8, 4) is 0 Å². The van der Waals surface area contributed by atoms with Crippen molar-refractivity contribution >= 4 is 17.7 Å². The third-order valence-electron chi connectivity index (χ3n) is 3.77. The molecule has 0 unspecified atom stereocenters. The van der Waals surface area contributed by atoms with Crippen LogP contribution in [0.5, 0.6) is 0 Å². The molecule has 1 aliphatic heterocycles. The first-order valence-electron chi connectivity index (χ1n) is 7.64. The third kappa shape index (κ3) is 5.20. The van der Waals surface area contributed by atoms with Crippen LogP contribution in [0.1, 0.15) is 12.0 Å². The molecule has 1 fully saturated rings. The number of aromatic nitrogens is 1. The Balaban J connectivity index is 1.98. The van der Waals surface area contributed by atoms with E-state index in [1.54, 1.807) is 4.90 Å². The molecule has 1 aromatic heterocycles. The lowest BCUT2D eigenvalue weighted by atomic mass is 10.2. The van der Waals surface area contributed by atoms with E-state index in [9.17, 15) is 22.8 Å². The summed E-state index contributed by atoms with van der Waals surface area (Å²) in [4.78, 5) is 30.3. The smallest absolute Gasteiger partial charge is 0.417 e. The zero-order valence-electron chi connectivity index (χ0n) is 13.6. The average Bonchev–Trinajstić information content (AvgIpc) is 2.85. The Morgan fingerprint density at radius 2 is 1.92 bits per heavy atom. The van der Waals surface area contributed by atoms with Gasteiger partial charge in [0.1, 0.15) is 5.82 Å². The van der Waals surface area contributed by atoms with Crippen molar-refractivity contribution in [1.29, 1.82) is 0 Å². The first kappa shape index (κ1) is 18.8. The van der Waals surface area contributed by atoms with Gasteiger partial charge in [-0.2, -0.15) is 13.2 Å². The van der Waals surface area contributed by atoms with Crippen LogP contribution in [0.4, 0.5) is 19.0 Å². The number of esters is 1. The minimum Gasteiger partial charge on any atom is -0.466 e. The third-order valence-corrected chi connectivity index (χ3v) is 3.77. The predicted molar refractivity (Wildman–Crippen MR) is 83.8 cm³/mol. The van der Waals surface area contributed by atoms with Gasteiger partial charge in [0, 0.05) is 44.5 Å². The fourth-order valence-corrected chi connectivity index (χ4v) is 2.42. The number of amides is 1. The molecule has 2 rings (SSSR count). The van der Waals surface area contributed by atoms with Crippen LogP contribution in [-0.4, -0.2) is 55.0 Å². The van der Waals surface area contributed by atoms with E-state index in [0.717, 1.165) is 24.4 Å². The molecule has 0 radical (unpaired) electrons. The molecule has 0 N–H and O–H groups in total. The van der Waals surface area contributed by atoms with Gasteiger partial charge in [0.15, 0.2) is 0 Å². The number of alkyl halides is 3. The maximum atomic E-state index is 12.6. The maximum absolute atomic E-state index is 12.6. The van der Waals surface area contributed by atoms with E-state index in [4.69, 9.17) is 0 Å². The fraction of sp³-hybridized carbons (Fsp3) is 0.438. The first-order chi connectivity index (χ1) is 11.8. The minimum absolute atomic E-state index is 0.312. The highest BCUT2D eigenvalue weighted by Gasteiger charge is 2.31. The van der Waals surface area contributed by atoms with Crippen LogP contribution >= 0.6 is 0 Å². The Morgan fingerprint density at radius 1 is 1.16 bits per heavy atom. The van der Waals surface area contributed by atoms with E-state index >= 15 is 0 Å². The van der Waals surface area contributed by atoms with Gasteiger partial charge < -0.3 is 14.5 Å². The zero-order chi connectivity index (χ0) is 18.4. The van der Waals surface area contributed by atoms with Crippen molar-refractivity contribution in [2.75, 3.05) is 38.2 Å². The molecule has 1 aliphatic rings. The number of anilines is 1. The van der Waals surface area contributed by atoms with Gasteiger partial charge in [0.05, 0.1) is 12.7 Å². The molecule has 1 aromatic rings. The molecule has 1 amide bonds. The van der Waals surface area contributed by atoms with Gasteiger partial charge in [0.25, 0.3) is 0 Å². The quantitative estimate of drug-likeness (QED) is 0.610. The second kappa shape index (κ2) is 8.00. The van der Waals surface area contributed by atoms with Crippen LogP contribution in [0.2, 0.25) is 0 Å². The minimum atomic E-state index is -4.42. The number of hydrogen-bond acceptors (Lipinski definition) is 5. The lowest BCUT2D eigenvalue weighted by Gasteiger charge is -2.22. The molecular weight excluding hydrogens is 339 g/mol. The number of carbonyl (C=O) groups is 2. The summed E-state index contributed by atoms with van der Waals surface area (Å²) in [6, 6.07) is 2.33. The van der Waals surface area contributed by atoms with Crippen molar-refractivity contribution in [1.82, 2.24) is 9.88 Å². The first-order valence-corrected chi connectivity index (χ1v) is 7.64. The summed E-state index contributed by atoms with van der Waals surface area (Å²) >= 11 is 0. The van der Waals surface area contributed by atoms with E-state index in [1.165, 1.54) is 13.2 Å². The molecule has 6 nitrogen and oxygen atoms in total. The number of rotatable bonds is 3. The molecule has 0 spiro atoms. The highest BCUT2D eigenvalue weighted by atomic mass is 19.4. The highest BCUT2D eigenvalue weighted by Crippen LogP contribution is 2.29. The normalized spacial score (nSPS) is 16.0. The van der Waals surface area contributed by atoms with Gasteiger partial charge in [-0.1, -0.05) is 0 Å². The summed E-state index contributed by atoms with van der Waals surface area (Å²) in [5, 5.41) is 0. The van der Waals surface area contributed by atoms with E-state index in [2.05, 4.69) is 9.72 Å². The molecule has 0 aromatic carbocycles. The van der Waals surface area contributed by atoms with Crippen molar-refractivity contribution in [3.63, 3.8) is 0 Å². The van der Waals surface area contributed by atoms with Crippen molar-refractivity contribution < 1.29 is 27.5 Å². The van der Waals surface area contributed by atoms with Crippen LogP contribution in [-0.2, 0) is 20.5 Å². The zero-order valence-corrected chi connectivity index (χ0v) is 13.6. The topological polar surface area (TPSA) is 62.7 Å². The molecule has 9 heteroatoms. The highest BCUT2D eigenvalue weighted by molar-refractivity contribution is 5.94. The van der Waals surface area contributed by atoms with Gasteiger partial charge in [-0.15, -0.1) is 0 Å². The Kier molecular flexibility index (Phi) is 6.00. The number of carbonyl (C=O) groups excluding carboxylic acids is 2. The lowest BCUT2D eigenvalue weighted by molar-refractivity contribution is -0.138. The molecule has 25 heavy (non-hydrogen) atoms. The van der Waals surface area contributed by atoms with Gasteiger partial charge >= 0.3 is 12.1 Å². The van der Waals surface area contributed by atoms with Gasteiger partial charge in [-0.05, 0) is 18.6 Å². The number of methoxy groups -OCH3 is 1. The van der Waals surface area contributed by atoms with Crippen molar-refractivity contribution in [3.05, 3.63) is 36.0 Å². The van der Waals surface area contributed by atoms with Gasteiger partial charge in [-0.3, -0.25) is 4.79 Å². The number of halogens is 3. The molecule has 0 bridgehead atoms. The Hall–Kier alpha value is -2.58. The number of ether oxygens (including phenoxy) is 1. The summed E-state index contributed by atoms with van der Waals surface area (Å²) < 4.78 is 42.2. The summed E-state index contributed by atoms with van der Waals surface area (Å²) in [5.41, 5.74) is -0.796. The summed E-state index contributed by atoms with van der Waals surface area (Å²) in [6.07, 6.45) is -0.761. The largest absolute Gasteiger partial charge is 0.466 e. The summed E-state index contributed by atoms with van der Waals surface area (Å²) in [7, 11) is 1.22. The number of hydrogen-bond donors (Lipinski definition) is 0. The maximum Gasteiger partial charge on any atom is 0.417 e. The number of pyridine rings is 1. The van der Waals surface area contributed by atoms with E-state index in [1.807, 2.05) is 4.90 Å². The second-order valence-electron chi connectivity index (χ2n) is 5.43. The molecule has 0 aliphatic carbocycles. The lowest BCUT2D eigenvalue weighted by Crippen LogP contribution is -2.34. The standard InChI is InChI=1S/C16H18F3N3O3/c1-25-15(24)6-5-14(23)22-8-2-7-21(9-10-22)13-4-3-12(11-20-13)16(17,18)19/h3-6,11H,2,7-10H2,1H3/b6-5+. The molecule has 1 saturated heterocycles. The van der Waals surface area contributed by atoms with Crippen LogP contribution in [0.15, 0.2) is 30.5 Å². The van der Waals surface area contributed by atoms with Gasteiger partial charge in [-0.25, -0.2) is 9.78 Å². The summed E-state index contributed by atoms with van der Waals surface area (Å²) in [5.74, 6) is -0.487.